The molecule has 0 saturated heterocycles. The van der Waals surface area contributed by atoms with Gasteiger partial charge in [0, 0.05) is 11.1 Å². The maximum absolute atomic E-state index is 6.09. The summed E-state index contributed by atoms with van der Waals surface area (Å²) in [6.45, 7) is 0. The molecule has 0 fully saturated rings. The van der Waals surface area contributed by atoms with Crippen LogP contribution in [0.1, 0.15) is 0 Å². The summed E-state index contributed by atoms with van der Waals surface area (Å²) in [5, 5.41) is 1.01. The molecule has 1 aliphatic heterocycles. The van der Waals surface area contributed by atoms with Gasteiger partial charge < -0.3 is 9.47 Å². The van der Waals surface area contributed by atoms with E-state index in [0.717, 1.165) is 0 Å². The van der Waals surface area contributed by atoms with Crippen LogP contribution < -0.4 is 9.47 Å². The largest absolute Gasteiger partial charge is 0.448 e. The molecule has 0 saturated carbocycles. The standard InChI is InChI=1S/C12H2Cl6O2/c13-3-1-4(14)10-5(2-3)19-11-8(17)6(15)7(16)9(18)12(11)20-10/h1-2H. The lowest BCUT2D eigenvalue weighted by Gasteiger charge is -2.24. The highest BCUT2D eigenvalue weighted by Gasteiger charge is 2.30. The summed E-state index contributed by atoms with van der Waals surface area (Å²) in [6, 6.07) is 3.06. The van der Waals surface area contributed by atoms with Crippen LogP contribution in [-0.4, -0.2) is 0 Å². The lowest BCUT2D eigenvalue weighted by atomic mass is 10.2. The van der Waals surface area contributed by atoms with Crippen molar-refractivity contribution in [2.75, 3.05) is 0 Å². The Morgan fingerprint density at radius 1 is 0.600 bits per heavy atom. The monoisotopic (exact) mass is 388 g/mol. The van der Waals surface area contributed by atoms with Crippen molar-refractivity contribution in [1.82, 2.24) is 0 Å². The molecule has 20 heavy (non-hydrogen) atoms. The lowest BCUT2D eigenvalue weighted by molar-refractivity contribution is 0.360. The van der Waals surface area contributed by atoms with Gasteiger partial charge >= 0.3 is 0 Å². The van der Waals surface area contributed by atoms with Gasteiger partial charge in [0.15, 0.2) is 23.0 Å². The summed E-state index contributed by atoms with van der Waals surface area (Å²) in [6.07, 6.45) is 0. The summed E-state index contributed by atoms with van der Waals surface area (Å²) in [5.41, 5.74) is 0. The van der Waals surface area contributed by atoms with Crippen LogP contribution in [0, 0.1) is 0 Å². The van der Waals surface area contributed by atoms with Crippen molar-refractivity contribution in [3.63, 3.8) is 0 Å². The number of fused-ring (bicyclic) bond motifs is 2. The second kappa shape index (κ2) is 5.20. The molecule has 0 atom stereocenters. The molecule has 0 aromatic heterocycles. The van der Waals surface area contributed by atoms with Gasteiger partial charge in [-0.3, -0.25) is 0 Å². The molecular weight excluding hydrogens is 389 g/mol. The number of rotatable bonds is 0. The van der Waals surface area contributed by atoms with Crippen molar-refractivity contribution in [2.45, 2.75) is 0 Å². The van der Waals surface area contributed by atoms with Crippen LogP contribution in [-0.2, 0) is 0 Å². The lowest BCUT2D eigenvalue weighted by Crippen LogP contribution is -2.01. The van der Waals surface area contributed by atoms with E-state index in [2.05, 4.69) is 0 Å². The van der Waals surface area contributed by atoms with Gasteiger partial charge in [-0.15, -0.1) is 0 Å². The molecule has 0 aliphatic carbocycles. The molecule has 0 N–H and O–H groups in total. The van der Waals surface area contributed by atoms with E-state index < -0.39 is 0 Å². The van der Waals surface area contributed by atoms with Crippen LogP contribution in [0.3, 0.4) is 0 Å². The second-order valence-electron chi connectivity index (χ2n) is 3.83. The van der Waals surface area contributed by atoms with E-state index in [-0.39, 0.29) is 42.4 Å². The number of hydrogen-bond acceptors (Lipinski definition) is 2. The van der Waals surface area contributed by atoms with Crippen LogP contribution in [0.15, 0.2) is 12.1 Å². The Bertz CT molecular complexity index is 744. The summed E-state index contributed by atoms with van der Waals surface area (Å²) in [7, 11) is 0. The van der Waals surface area contributed by atoms with Crippen LogP contribution in [0.2, 0.25) is 30.1 Å². The third-order valence-electron chi connectivity index (χ3n) is 2.57. The minimum atomic E-state index is 0.0780. The topological polar surface area (TPSA) is 18.5 Å². The van der Waals surface area contributed by atoms with Gasteiger partial charge in [-0.05, 0) is 6.07 Å². The summed E-state index contributed by atoms with van der Waals surface area (Å²) in [4.78, 5) is 0. The maximum Gasteiger partial charge on any atom is 0.191 e. The molecule has 0 radical (unpaired) electrons. The third-order valence-corrected chi connectivity index (χ3v) is 4.84. The molecular formula is C12H2Cl6O2. The first-order chi connectivity index (χ1) is 9.40. The molecule has 2 aromatic rings. The Balaban J connectivity index is 2.26. The van der Waals surface area contributed by atoms with E-state index in [1.807, 2.05) is 0 Å². The van der Waals surface area contributed by atoms with E-state index in [0.29, 0.717) is 10.8 Å². The molecule has 104 valence electrons. The first kappa shape index (κ1) is 14.7. The van der Waals surface area contributed by atoms with E-state index in [1.54, 1.807) is 6.07 Å². The molecule has 0 bridgehead atoms. The molecule has 1 aliphatic rings. The van der Waals surface area contributed by atoms with Gasteiger partial charge in [0.25, 0.3) is 0 Å². The van der Waals surface area contributed by atoms with Crippen molar-refractivity contribution in [2.24, 2.45) is 0 Å². The van der Waals surface area contributed by atoms with Crippen LogP contribution >= 0.6 is 69.6 Å². The van der Waals surface area contributed by atoms with Gasteiger partial charge in [0.1, 0.15) is 10.0 Å². The molecule has 2 nitrogen and oxygen atoms in total. The third kappa shape index (κ3) is 2.19. The number of ether oxygens (including phenoxy) is 2. The fourth-order valence-electron chi connectivity index (χ4n) is 1.70. The van der Waals surface area contributed by atoms with E-state index in [9.17, 15) is 0 Å². The van der Waals surface area contributed by atoms with Gasteiger partial charge in [0.2, 0.25) is 0 Å². The summed E-state index contributed by atoms with van der Waals surface area (Å²) < 4.78 is 11.3. The molecule has 3 rings (SSSR count). The molecule has 8 heteroatoms. The van der Waals surface area contributed by atoms with Gasteiger partial charge in [-0.1, -0.05) is 69.6 Å². The molecule has 1 heterocycles. The fraction of sp³-hybridized carbons (Fsp3) is 0. The second-order valence-corrected chi connectivity index (χ2v) is 6.19. The van der Waals surface area contributed by atoms with E-state index in [1.165, 1.54) is 6.07 Å². The van der Waals surface area contributed by atoms with Crippen LogP contribution in [0.25, 0.3) is 0 Å². The maximum atomic E-state index is 6.09. The number of benzene rings is 2. The van der Waals surface area contributed by atoms with Gasteiger partial charge in [-0.25, -0.2) is 0 Å². The molecule has 0 unspecified atom stereocenters. The zero-order chi connectivity index (χ0) is 14.6. The van der Waals surface area contributed by atoms with Crippen LogP contribution in [0.5, 0.6) is 23.0 Å². The predicted molar refractivity (Wildman–Crippen MR) is 83.1 cm³/mol. The summed E-state index contributed by atoms with van der Waals surface area (Å²) >= 11 is 36.1. The van der Waals surface area contributed by atoms with Crippen molar-refractivity contribution in [1.29, 1.82) is 0 Å². The van der Waals surface area contributed by atoms with Crippen LogP contribution in [0.4, 0.5) is 0 Å². The highest BCUT2D eigenvalue weighted by atomic mass is 35.5. The minimum absolute atomic E-state index is 0.0780. The first-order valence-electron chi connectivity index (χ1n) is 5.11. The van der Waals surface area contributed by atoms with Crippen molar-refractivity contribution < 1.29 is 9.47 Å². The zero-order valence-corrected chi connectivity index (χ0v) is 13.8. The normalized spacial score (nSPS) is 12.3. The van der Waals surface area contributed by atoms with Crippen molar-refractivity contribution >= 4 is 69.6 Å². The van der Waals surface area contributed by atoms with Gasteiger partial charge in [-0.2, -0.15) is 0 Å². The Labute approximate surface area is 144 Å². The minimum Gasteiger partial charge on any atom is -0.448 e. The Hall–Kier alpha value is -0.220. The van der Waals surface area contributed by atoms with E-state index in [4.69, 9.17) is 79.1 Å². The molecule has 2 aromatic carbocycles. The highest BCUT2D eigenvalue weighted by molar-refractivity contribution is 6.53. The number of hydrogen-bond donors (Lipinski definition) is 0. The zero-order valence-electron chi connectivity index (χ0n) is 9.24. The van der Waals surface area contributed by atoms with Crippen molar-refractivity contribution in [3.8, 4) is 23.0 Å². The fourth-order valence-corrected chi connectivity index (χ4v) is 3.11. The summed E-state index contributed by atoms with van der Waals surface area (Å²) in [5.74, 6) is 0.908. The van der Waals surface area contributed by atoms with Gasteiger partial charge in [0.05, 0.1) is 15.1 Å². The average Bonchev–Trinajstić information content (AvgIpc) is 2.41. The quantitative estimate of drug-likeness (QED) is 0.292. The SMILES string of the molecule is Clc1cc(Cl)c2c(c1)Oc1c(Cl)c(Cl)c(Cl)c(Cl)c1O2. The van der Waals surface area contributed by atoms with E-state index >= 15 is 0 Å². The molecule has 0 amide bonds. The first-order valence-corrected chi connectivity index (χ1v) is 7.37. The average molecular weight is 391 g/mol. The smallest absolute Gasteiger partial charge is 0.191 e. The Morgan fingerprint density at radius 2 is 1.15 bits per heavy atom. The molecule has 0 spiro atoms. The Morgan fingerprint density at radius 3 is 1.75 bits per heavy atom. The number of halogens is 6. The van der Waals surface area contributed by atoms with Crippen molar-refractivity contribution in [3.05, 3.63) is 42.3 Å². The predicted octanol–water partition coefficient (Wildman–Crippen LogP) is 7.50. The Kier molecular flexibility index (Phi) is 3.83. The highest BCUT2D eigenvalue weighted by Crippen LogP contribution is 2.58.